The third-order valence-electron chi connectivity index (χ3n) is 3.88. The molecule has 0 radical (unpaired) electrons. The van der Waals surface area contributed by atoms with E-state index in [2.05, 4.69) is 15.4 Å². The Labute approximate surface area is 153 Å². The molecular weight excluding hydrogens is 332 g/mol. The summed E-state index contributed by atoms with van der Waals surface area (Å²) in [7, 11) is 1.31. The molecule has 1 amide bonds. The Bertz CT molecular complexity index is 802. The fraction of sp³-hybridized carbons (Fsp3) is 0.300. The molecule has 6 heteroatoms. The molecule has 0 aliphatic rings. The van der Waals surface area contributed by atoms with E-state index in [9.17, 15) is 9.59 Å². The van der Waals surface area contributed by atoms with Gasteiger partial charge in [0.15, 0.2) is 6.61 Å². The molecule has 0 aliphatic heterocycles. The number of hydrogen-bond acceptors (Lipinski definition) is 5. The largest absolute Gasteiger partial charge is 0.482 e. The second kappa shape index (κ2) is 8.89. The SMILES string of the molecule is COC(=O)COc1ccc(NCC(=O)Nc2ccc(C)cc2C)c(C)c1. The number of ether oxygens (including phenoxy) is 2. The van der Waals surface area contributed by atoms with Gasteiger partial charge in [0, 0.05) is 11.4 Å². The molecule has 0 saturated carbocycles. The maximum atomic E-state index is 12.2. The van der Waals surface area contributed by atoms with Gasteiger partial charge in [-0.2, -0.15) is 0 Å². The number of carbonyl (C=O) groups excluding carboxylic acids is 2. The van der Waals surface area contributed by atoms with E-state index in [1.165, 1.54) is 7.11 Å². The lowest BCUT2D eigenvalue weighted by Crippen LogP contribution is -2.22. The minimum Gasteiger partial charge on any atom is -0.482 e. The van der Waals surface area contributed by atoms with Gasteiger partial charge in [-0.3, -0.25) is 4.79 Å². The maximum Gasteiger partial charge on any atom is 0.343 e. The van der Waals surface area contributed by atoms with Crippen molar-refractivity contribution in [2.75, 3.05) is 30.9 Å². The van der Waals surface area contributed by atoms with Crippen molar-refractivity contribution in [1.82, 2.24) is 0 Å². The molecule has 138 valence electrons. The topological polar surface area (TPSA) is 76.7 Å². The third-order valence-corrected chi connectivity index (χ3v) is 3.88. The van der Waals surface area contributed by atoms with Crippen molar-refractivity contribution in [3.8, 4) is 5.75 Å². The first kappa shape index (κ1) is 19.3. The van der Waals surface area contributed by atoms with Crippen LogP contribution in [0.4, 0.5) is 11.4 Å². The van der Waals surface area contributed by atoms with E-state index in [1.54, 1.807) is 12.1 Å². The summed E-state index contributed by atoms with van der Waals surface area (Å²) in [6.07, 6.45) is 0. The number of methoxy groups -OCH3 is 1. The lowest BCUT2D eigenvalue weighted by molar-refractivity contribution is -0.142. The summed E-state index contributed by atoms with van der Waals surface area (Å²) in [5, 5.41) is 6.01. The fourth-order valence-corrected chi connectivity index (χ4v) is 2.45. The molecule has 2 N–H and O–H groups in total. The molecule has 26 heavy (non-hydrogen) atoms. The van der Waals surface area contributed by atoms with Gasteiger partial charge in [-0.1, -0.05) is 17.7 Å². The number of esters is 1. The van der Waals surface area contributed by atoms with Crippen molar-refractivity contribution < 1.29 is 19.1 Å². The van der Waals surface area contributed by atoms with Crippen LogP contribution >= 0.6 is 0 Å². The zero-order valence-electron chi connectivity index (χ0n) is 15.5. The minimum atomic E-state index is -0.437. The number of benzene rings is 2. The van der Waals surface area contributed by atoms with Crippen LogP contribution in [0.25, 0.3) is 0 Å². The molecule has 0 spiro atoms. The smallest absolute Gasteiger partial charge is 0.343 e. The van der Waals surface area contributed by atoms with Crippen molar-refractivity contribution in [2.45, 2.75) is 20.8 Å². The van der Waals surface area contributed by atoms with E-state index >= 15 is 0 Å². The van der Waals surface area contributed by atoms with Crippen LogP contribution < -0.4 is 15.4 Å². The van der Waals surface area contributed by atoms with Crippen molar-refractivity contribution in [2.24, 2.45) is 0 Å². The standard InChI is InChI=1S/C20H24N2O4/c1-13-5-7-18(14(2)9-13)22-19(23)11-21-17-8-6-16(10-15(17)3)26-12-20(24)25-4/h5-10,21H,11-12H2,1-4H3,(H,22,23). The summed E-state index contributed by atoms with van der Waals surface area (Å²) in [6, 6.07) is 11.2. The first-order valence-electron chi connectivity index (χ1n) is 8.30. The van der Waals surface area contributed by atoms with E-state index in [0.717, 1.165) is 28.1 Å². The van der Waals surface area contributed by atoms with Gasteiger partial charge >= 0.3 is 5.97 Å². The maximum absolute atomic E-state index is 12.2. The molecule has 6 nitrogen and oxygen atoms in total. The average molecular weight is 356 g/mol. The highest BCUT2D eigenvalue weighted by Gasteiger charge is 2.07. The Morgan fingerprint density at radius 3 is 2.31 bits per heavy atom. The molecule has 2 aromatic rings. The molecule has 0 atom stereocenters. The number of hydrogen-bond donors (Lipinski definition) is 2. The van der Waals surface area contributed by atoms with E-state index in [4.69, 9.17) is 4.74 Å². The fourth-order valence-electron chi connectivity index (χ4n) is 2.45. The van der Waals surface area contributed by atoms with Crippen LogP contribution in [-0.2, 0) is 14.3 Å². The number of rotatable bonds is 7. The molecule has 0 fully saturated rings. The third kappa shape index (κ3) is 5.51. The Morgan fingerprint density at radius 2 is 1.65 bits per heavy atom. The Balaban J connectivity index is 1.90. The molecule has 0 unspecified atom stereocenters. The summed E-state index contributed by atoms with van der Waals surface area (Å²) >= 11 is 0. The van der Waals surface area contributed by atoms with Crippen molar-refractivity contribution >= 4 is 23.3 Å². The van der Waals surface area contributed by atoms with Gasteiger partial charge in [0.2, 0.25) is 5.91 Å². The normalized spacial score (nSPS) is 10.2. The first-order chi connectivity index (χ1) is 12.4. The van der Waals surface area contributed by atoms with E-state index < -0.39 is 5.97 Å². The van der Waals surface area contributed by atoms with Crippen molar-refractivity contribution in [1.29, 1.82) is 0 Å². The lowest BCUT2D eigenvalue weighted by atomic mass is 10.1. The van der Waals surface area contributed by atoms with E-state index in [-0.39, 0.29) is 19.1 Å². The molecule has 0 heterocycles. The Hall–Kier alpha value is -3.02. The van der Waals surface area contributed by atoms with Crippen molar-refractivity contribution in [3.05, 3.63) is 53.1 Å². The summed E-state index contributed by atoms with van der Waals surface area (Å²) < 4.78 is 9.87. The monoisotopic (exact) mass is 356 g/mol. The molecule has 0 saturated heterocycles. The van der Waals surface area contributed by atoms with Gasteiger partial charge < -0.3 is 20.1 Å². The van der Waals surface area contributed by atoms with Gasteiger partial charge in [-0.25, -0.2) is 4.79 Å². The van der Waals surface area contributed by atoms with Crippen LogP contribution in [0.3, 0.4) is 0 Å². The van der Waals surface area contributed by atoms with Gasteiger partial charge in [0.25, 0.3) is 0 Å². The quantitative estimate of drug-likeness (QED) is 0.745. The number of nitrogens with one attached hydrogen (secondary N) is 2. The minimum absolute atomic E-state index is 0.123. The lowest BCUT2D eigenvalue weighted by Gasteiger charge is -2.13. The number of carbonyl (C=O) groups is 2. The second-order valence-corrected chi connectivity index (χ2v) is 6.06. The summed E-state index contributed by atoms with van der Waals surface area (Å²) in [5.74, 6) is 0.00785. The van der Waals surface area contributed by atoms with Crippen LogP contribution in [0.2, 0.25) is 0 Å². The summed E-state index contributed by atoms with van der Waals surface area (Å²) in [4.78, 5) is 23.3. The number of anilines is 2. The molecule has 2 rings (SSSR count). The second-order valence-electron chi connectivity index (χ2n) is 6.06. The molecule has 0 bridgehead atoms. The zero-order valence-corrected chi connectivity index (χ0v) is 15.5. The first-order valence-corrected chi connectivity index (χ1v) is 8.30. The predicted octanol–water partition coefficient (Wildman–Crippen LogP) is 3.21. The summed E-state index contributed by atoms with van der Waals surface area (Å²) in [6.45, 7) is 5.89. The average Bonchev–Trinajstić information content (AvgIpc) is 2.61. The number of aryl methyl sites for hydroxylation is 3. The van der Waals surface area contributed by atoms with Gasteiger partial charge in [0.05, 0.1) is 13.7 Å². The highest BCUT2D eigenvalue weighted by atomic mass is 16.6. The van der Waals surface area contributed by atoms with Crippen LogP contribution in [0, 0.1) is 20.8 Å². The van der Waals surface area contributed by atoms with Gasteiger partial charge in [0.1, 0.15) is 5.75 Å². The van der Waals surface area contributed by atoms with Gasteiger partial charge in [-0.05, 0) is 56.2 Å². The highest BCUT2D eigenvalue weighted by molar-refractivity contribution is 5.94. The van der Waals surface area contributed by atoms with Crippen LogP contribution in [0.5, 0.6) is 5.75 Å². The van der Waals surface area contributed by atoms with E-state index in [0.29, 0.717) is 5.75 Å². The van der Waals surface area contributed by atoms with Crippen molar-refractivity contribution in [3.63, 3.8) is 0 Å². The van der Waals surface area contributed by atoms with Crippen LogP contribution in [-0.4, -0.2) is 32.1 Å². The van der Waals surface area contributed by atoms with Gasteiger partial charge in [-0.15, -0.1) is 0 Å². The summed E-state index contributed by atoms with van der Waals surface area (Å²) in [5.41, 5.74) is 4.73. The Morgan fingerprint density at radius 1 is 0.962 bits per heavy atom. The zero-order chi connectivity index (χ0) is 19.1. The van der Waals surface area contributed by atoms with Crippen LogP contribution in [0.15, 0.2) is 36.4 Å². The molecular formula is C20H24N2O4. The predicted molar refractivity (Wildman–Crippen MR) is 102 cm³/mol. The Kier molecular flexibility index (Phi) is 6.60. The van der Waals surface area contributed by atoms with Crippen LogP contribution in [0.1, 0.15) is 16.7 Å². The molecule has 2 aromatic carbocycles. The van der Waals surface area contributed by atoms with E-state index in [1.807, 2.05) is 45.0 Å². The highest BCUT2D eigenvalue weighted by Crippen LogP contribution is 2.21. The molecule has 0 aromatic heterocycles. The molecule has 0 aliphatic carbocycles. The number of amides is 1.